The molecule has 0 spiro atoms. The van der Waals surface area contributed by atoms with Gasteiger partial charge in [-0.25, -0.2) is 0 Å². The van der Waals surface area contributed by atoms with Crippen LogP contribution in [0.15, 0.2) is 0 Å². The van der Waals surface area contributed by atoms with Crippen molar-refractivity contribution >= 4 is 11.6 Å². The molecule has 3 nitrogen and oxygen atoms in total. The summed E-state index contributed by atoms with van der Waals surface area (Å²) in [6.07, 6.45) is 8.32. The minimum atomic E-state index is -0.00523. The zero-order valence-electron chi connectivity index (χ0n) is 10.5. The van der Waals surface area contributed by atoms with E-state index in [1.807, 2.05) is 4.68 Å². The number of halogens is 1. The third-order valence-corrected chi connectivity index (χ3v) is 4.09. The van der Waals surface area contributed by atoms with Crippen molar-refractivity contribution in [1.82, 2.24) is 9.78 Å². The average Bonchev–Trinajstić information content (AvgIpc) is 2.55. The van der Waals surface area contributed by atoms with Crippen LogP contribution in [0.2, 0.25) is 5.15 Å². The number of nitrogens with zero attached hydrogens (tertiary/aromatic N) is 2. The van der Waals surface area contributed by atoms with Crippen LogP contribution in [-0.2, 0) is 13.0 Å². The second-order valence-electron chi connectivity index (χ2n) is 4.82. The van der Waals surface area contributed by atoms with Crippen molar-refractivity contribution in [1.29, 1.82) is 0 Å². The molecular formula is C13H21ClN2O. The van der Waals surface area contributed by atoms with E-state index in [0.29, 0.717) is 11.2 Å². The van der Waals surface area contributed by atoms with Crippen molar-refractivity contribution in [3.63, 3.8) is 0 Å². The molecule has 1 saturated carbocycles. The zero-order valence-corrected chi connectivity index (χ0v) is 11.2. The van der Waals surface area contributed by atoms with Gasteiger partial charge in [-0.15, -0.1) is 0 Å². The third kappa shape index (κ3) is 2.66. The van der Waals surface area contributed by atoms with Crippen LogP contribution < -0.4 is 0 Å². The molecule has 1 aliphatic carbocycles. The minimum Gasteiger partial charge on any atom is -0.391 e. The van der Waals surface area contributed by atoms with Crippen LogP contribution in [0.5, 0.6) is 0 Å². The predicted octanol–water partition coefficient (Wildman–Crippen LogP) is 3.49. The summed E-state index contributed by atoms with van der Waals surface area (Å²) in [5.74, 6) is 0. The van der Waals surface area contributed by atoms with Gasteiger partial charge in [0.2, 0.25) is 0 Å². The zero-order chi connectivity index (χ0) is 12.3. The number of aromatic nitrogens is 2. The quantitative estimate of drug-likeness (QED) is 0.841. The van der Waals surface area contributed by atoms with Crippen LogP contribution in [0.25, 0.3) is 0 Å². The molecule has 1 N–H and O–H groups in total. The highest BCUT2D eigenvalue weighted by Crippen LogP contribution is 2.32. The van der Waals surface area contributed by atoms with E-state index in [1.54, 1.807) is 0 Å². The fraction of sp³-hybridized carbons (Fsp3) is 0.769. The van der Waals surface area contributed by atoms with Crippen molar-refractivity contribution in [3.8, 4) is 0 Å². The third-order valence-electron chi connectivity index (χ3n) is 3.69. The molecule has 0 amide bonds. The molecule has 1 aromatic rings. The van der Waals surface area contributed by atoms with Gasteiger partial charge in [0.1, 0.15) is 5.15 Å². The Bertz CT molecular complexity index is 368. The van der Waals surface area contributed by atoms with Crippen molar-refractivity contribution in [2.24, 2.45) is 0 Å². The lowest BCUT2D eigenvalue weighted by Gasteiger charge is -2.15. The maximum atomic E-state index is 9.36. The van der Waals surface area contributed by atoms with Crippen LogP contribution >= 0.6 is 11.6 Å². The van der Waals surface area contributed by atoms with Crippen LogP contribution in [0, 0.1) is 0 Å². The predicted molar refractivity (Wildman–Crippen MR) is 69.3 cm³/mol. The summed E-state index contributed by atoms with van der Waals surface area (Å²) in [7, 11) is 0. The average molecular weight is 257 g/mol. The normalized spacial score (nSPS) is 18.3. The van der Waals surface area contributed by atoms with E-state index in [2.05, 4.69) is 12.0 Å². The van der Waals surface area contributed by atoms with Crippen LogP contribution in [0.4, 0.5) is 0 Å². The standard InChI is InChI=1S/C13H21ClN2O/c1-2-12-11(9-17)13(14)16(15-12)10-7-5-3-4-6-8-10/h10,17H,2-9H2,1H3. The molecule has 0 unspecified atom stereocenters. The van der Waals surface area contributed by atoms with Gasteiger partial charge in [0.15, 0.2) is 0 Å². The van der Waals surface area contributed by atoms with E-state index in [0.717, 1.165) is 30.5 Å². The van der Waals surface area contributed by atoms with E-state index in [9.17, 15) is 5.11 Å². The molecule has 1 aromatic heterocycles. The number of rotatable bonds is 3. The second kappa shape index (κ2) is 5.87. The summed E-state index contributed by atoms with van der Waals surface area (Å²) in [5, 5.41) is 14.6. The molecular weight excluding hydrogens is 236 g/mol. The van der Waals surface area contributed by atoms with E-state index >= 15 is 0 Å². The highest BCUT2D eigenvalue weighted by Gasteiger charge is 2.21. The molecule has 2 rings (SSSR count). The molecule has 96 valence electrons. The number of hydrogen-bond donors (Lipinski definition) is 1. The summed E-state index contributed by atoms with van der Waals surface area (Å²) in [6, 6.07) is 0.426. The van der Waals surface area contributed by atoms with Gasteiger partial charge in [-0.1, -0.05) is 44.2 Å². The number of hydrogen-bond acceptors (Lipinski definition) is 2. The number of aliphatic hydroxyl groups excluding tert-OH is 1. The molecule has 17 heavy (non-hydrogen) atoms. The molecule has 0 aliphatic heterocycles. The fourth-order valence-electron chi connectivity index (χ4n) is 2.68. The highest BCUT2D eigenvalue weighted by molar-refractivity contribution is 6.30. The Morgan fingerprint density at radius 2 is 1.94 bits per heavy atom. The van der Waals surface area contributed by atoms with Crippen LogP contribution in [0.1, 0.15) is 62.7 Å². The number of aliphatic hydroxyl groups is 1. The van der Waals surface area contributed by atoms with Gasteiger partial charge in [-0.3, -0.25) is 4.68 Å². The van der Waals surface area contributed by atoms with Gasteiger partial charge in [0.05, 0.1) is 18.3 Å². The first-order valence-electron chi connectivity index (χ1n) is 6.64. The van der Waals surface area contributed by atoms with Gasteiger partial charge in [-0.2, -0.15) is 5.10 Å². The monoisotopic (exact) mass is 256 g/mol. The second-order valence-corrected chi connectivity index (χ2v) is 5.18. The van der Waals surface area contributed by atoms with Gasteiger partial charge in [-0.05, 0) is 19.3 Å². The Balaban J connectivity index is 2.27. The van der Waals surface area contributed by atoms with E-state index < -0.39 is 0 Å². The lowest BCUT2D eigenvalue weighted by Crippen LogP contribution is -2.10. The van der Waals surface area contributed by atoms with Crippen molar-refractivity contribution in [3.05, 3.63) is 16.4 Å². The fourth-order valence-corrected chi connectivity index (χ4v) is 3.02. The Kier molecular flexibility index (Phi) is 4.46. The van der Waals surface area contributed by atoms with Gasteiger partial charge in [0, 0.05) is 5.56 Å². The van der Waals surface area contributed by atoms with E-state index in [4.69, 9.17) is 11.6 Å². The van der Waals surface area contributed by atoms with Gasteiger partial charge in [0.25, 0.3) is 0 Å². The van der Waals surface area contributed by atoms with Gasteiger partial charge < -0.3 is 5.11 Å². The first kappa shape index (κ1) is 12.9. The van der Waals surface area contributed by atoms with E-state index in [-0.39, 0.29) is 6.61 Å². The molecule has 0 radical (unpaired) electrons. The first-order valence-corrected chi connectivity index (χ1v) is 7.02. The smallest absolute Gasteiger partial charge is 0.133 e. The Morgan fingerprint density at radius 3 is 2.41 bits per heavy atom. The highest BCUT2D eigenvalue weighted by atomic mass is 35.5. The maximum absolute atomic E-state index is 9.36. The maximum Gasteiger partial charge on any atom is 0.133 e. The van der Waals surface area contributed by atoms with Crippen molar-refractivity contribution in [2.75, 3.05) is 0 Å². The lowest BCUT2D eigenvalue weighted by atomic mass is 10.1. The molecule has 0 saturated heterocycles. The largest absolute Gasteiger partial charge is 0.391 e. The molecule has 4 heteroatoms. The molecule has 1 aliphatic rings. The summed E-state index contributed by atoms with van der Waals surface area (Å²) < 4.78 is 1.96. The SMILES string of the molecule is CCc1nn(C2CCCCCC2)c(Cl)c1CO. The summed E-state index contributed by atoms with van der Waals surface area (Å²) in [4.78, 5) is 0. The lowest BCUT2D eigenvalue weighted by molar-refractivity contribution is 0.280. The van der Waals surface area contributed by atoms with Crippen molar-refractivity contribution in [2.45, 2.75) is 64.5 Å². The minimum absolute atomic E-state index is 0.00523. The number of aryl methyl sites for hydroxylation is 1. The summed E-state index contributed by atoms with van der Waals surface area (Å²) >= 11 is 6.34. The Labute approximate surface area is 108 Å². The Hall–Kier alpha value is -0.540. The topological polar surface area (TPSA) is 38.0 Å². The summed E-state index contributed by atoms with van der Waals surface area (Å²) in [5.41, 5.74) is 1.76. The first-order chi connectivity index (χ1) is 8.27. The van der Waals surface area contributed by atoms with Crippen LogP contribution in [-0.4, -0.2) is 14.9 Å². The molecule has 1 fully saturated rings. The molecule has 0 atom stereocenters. The van der Waals surface area contributed by atoms with E-state index in [1.165, 1.54) is 25.7 Å². The Morgan fingerprint density at radius 1 is 1.29 bits per heavy atom. The van der Waals surface area contributed by atoms with Crippen LogP contribution in [0.3, 0.4) is 0 Å². The molecule has 0 bridgehead atoms. The molecule has 0 aromatic carbocycles. The molecule has 1 heterocycles. The summed E-state index contributed by atoms with van der Waals surface area (Å²) in [6.45, 7) is 2.05. The van der Waals surface area contributed by atoms with Crippen molar-refractivity contribution < 1.29 is 5.11 Å². The van der Waals surface area contributed by atoms with Gasteiger partial charge >= 0.3 is 0 Å².